The van der Waals surface area contributed by atoms with E-state index in [0.717, 1.165) is 29.7 Å². The molecule has 190 valence electrons. The van der Waals surface area contributed by atoms with Gasteiger partial charge in [-0.1, -0.05) is 62.2 Å². The van der Waals surface area contributed by atoms with Crippen LogP contribution in [0, 0.1) is 11.3 Å². The van der Waals surface area contributed by atoms with Gasteiger partial charge in [-0.15, -0.1) is 11.3 Å². The number of carbonyl (C=O) groups is 2. The van der Waals surface area contributed by atoms with E-state index < -0.39 is 5.91 Å². The molecule has 1 unspecified atom stereocenters. The molecule has 8 heteroatoms. The zero-order valence-corrected chi connectivity index (χ0v) is 23.2. The molecule has 0 saturated heterocycles. The summed E-state index contributed by atoms with van der Waals surface area (Å²) in [7, 11) is 0. The van der Waals surface area contributed by atoms with Gasteiger partial charge >= 0.3 is 0 Å². The molecule has 0 fully saturated rings. The maximum atomic E-state index is 13.7. The second-order valence-corrected chi connectivity index (χ2v) is 12.5. The van der Waals surface area contributed by atoms with Gasteiger partial charge in [-0.25, -0.2) is 4.98 Å². The van der Waals surface area contributed by atoms with Crippen molar-refractivity contribution in [3.8, 4) is 11.3 Å². The first kappa shape index (κ1) is 25.7. The number of thiophene rings is 1. The van der Waals surface area contributed by atoms with E-state index in [-0.39, 0.29) is 11.3 Å². The number of primary amides is 1. The summed E-state index contributed by atoms with van der Waals surface area (Å²) in [6, 6.07) is 14.3. The van der Waals surface area contributed by atoms with Gasteiger partial charge in [-0.05, 0) is 66.5 Å². The fourth-order valence-electron chi connectivity index (χ4n) is 5.04. The molecule has 1 aliphatic carbocycles. The Morgan fingerprint density at radius 3 is 2.57 bits per heavy atom. The molecule has 2 aromatic carbocycles. The number of nitrogens with two attached hydrogens (primary N) is 1. The second-order valence-electron chi connectivity index (χ2n) is 10.5. The molecule has 0 spiro atoms. The minimum atomic E-state index is -0.518. The lowest BCUT2D eigenvalue weighted by atomic mass is 9.72. The number of aromatic nitrogens is 1. The molecule has 37 heavy (non-hydrogen) atoms. The Balaban J connectivity index is 1.56. The highest BCUT2D eigenvalue weighted by Crippen LogP contribution is 2.44. The van der Waals surface area contributed by atoms with E-state index in [1.807, 2.05) is 24.3 Å². The molecule has 2 aromatic heterocycles. The van der Waals surface area contributed by atoms with Crippen molar-refractivity contribution < 1.29 is 9.59 Å². The lowest BCUT2D eigenvalue weighted by molar-refractivity contribution is 0.1000. The highest BCUT2D eigenvalue weighted by atomic mass is 35.5. The number of carbonyl (C=O) groups excluding carboxylic acids is 2. The van der Waals surface area contributed by atoms with Crippen LogP contribution in [0.5, 0.6) is 0 Å². The topological polar surface area (TPSA) is 85.1 Å². The summed E-state index contributed by atoms with van der Waals surface area (Å²) in [6.07, 6.45) is 2.64. The third-order valence-electron chi connectivity index (χ3n) is 7.13. The average Bonchev–Trinajstić information content (AvgIpc) is 3.20. The molecule has 1 atom stereocenters. The number of rotatable bonds is 4. The zero-order chi connectivity index (χ0) is 26.5. The normalized spacial score (nSPS) is 15.4. The van der Waals surface area contributed by atoms with Gasteiger partial charge in [0.15, 0.2) is 0 Å². The standard InChI is InChI=1S/C29H27Cl2N3O2S/c1-29(2,3)15-8-10-19-24(12-15)37-28(25(19)26(32)35)34-27(36)20-14-23(18-11-9-16(30)13-21(18)31)33-22-7-5-4-6-17(20)22/h4-7,9,11,13-15H,8,10,12H2,1-3H3,(H2,32,35)(H,34,36). The van der Waals surface area contributed by atoms with Crippen molar-refractivity contribution in [1.29, 1.82) is 0 Å². The SMILES string of the molecule is CC(C)(C)C1CCc2c(sc(NC(=O)c3cc(-c4ccc(Cl)cc4Cl)nc4ccccc34)c2C(N)=O)C1. The number of nitrogens with zero attached hydrogens (tertiary/aromatic N) is 1. The molecule has 5 rings (SSSR count). The number of pyridine rings is 1. The van der Waals surface area contributed by atoms with Crippen molar-refractivity contribution >= 4 is 62.3 Å². The Hall–Kier alpha value is -2.93. The van der Waals surface area contributed by atoms with Crippen LogP contribution in [0.25, 0.3) is 22.2 Å². The van der Waals surface area contributed by atoms with Crippen LogP contribution >= 0.6 is 34.5 Å². The number of anilines is 1. The first-order valence-electron chi connectivity index (χ1n) is 12.1. The lowest BCUT2D eigenvalue weighted by Gasteiger charge is -2.33. The van der Waals surface area contributed by atoms with Gasteiger partial charge in [0.2, 0.25) is 0 Å². The van der Waals surface area contributed by atoms with Crippen molar-refractivity contribution in [2.45, 2.75) is 40.0 Å². The molecule has 0 saturated carbocycles. The molecule has 2 heterocycles. The third kappa shape index (κ3) is 4.98. The van der Waals surface area contributed by atoms with Gasteiger partial charge in [0.25, 0.3) is 11.8 Å². The van der Waals surface area contributed by atoms with Crippen molar-refractivity contribution in [3.63, 3.8) is 0 Å². The fourth-order valence-corrected chi connectivity index (χ4v) is 6.88. The summed E-state index contributed by atoms with van der Waals surface area (Å²) < 4.78 is 0. The quantitative estimate of drug-likeness (QED) is 0.271. The van der Waals surface area contributed by atoms with Crippen LogP contribution in [0.4, 0.5) is 5.00 Å². The van der Waals surface area contributed by atoms with Gasteiger partial charge in [0, 0.05) is 20.8 Å². The maximum absolute atomic E-state index is 13.7. The van der Waals surface area contributed by atoms with Gasteiger partial charge < -0.3 is 11.1 Å². The average molecular weight is 553 g/mol. The number of hydrogen-bond donors (Lipinski definition) is 2. The smallest absolute Gasteiger partial charge is 0.257 e. The summed E-state index contributed by atoms with van der Waals surface area (Å²) in [5, 5.41) is 5.17. The highest BCUT2D eigenvalue weighted by Gasteiger charge is 2.33. The largest absolute Gasteiger partial charge is 0.365 e. The van der Waals surface area contributed by atoms with Gasteiger partial charge in [0.1, 0.15) is 5.00 Å². The maximum Gasteiger partial charge on any atom is 0.257 e. The van der Waals surface area contributed by atoms with Crippen LogP contribution in [0.15, 0.2) is 48.5 Å². The summed E-state index contributed by atoms with van der Waals surface area (Å²) in [6.45, 7) is 6.73. The van der Waals surface area contributed by atoms with E-state index in [4.69, 9.17) is 33.9 Å². The molecule has 0 radical (unpaired) electrons. The minimum absolute atomic E-state index is 0.160. The first-order chi connectivity index (χ1) is 17.5. The molecule has 1 aliphatic rings. The van der Waals surface area contributed by atoms with E-state index in [0.29, 0.717) is 54.3 Å². The van der Waals surface area contributed by atoms with Crippen molar-refractivity contribution in [1.82, 2.24) is 4.98 Å². The molecule has 0 aliphatic heterocycles. The monoisotopic (exact) mass is 551 g/mol. The second kappa shape index (κ2) is 9.75. The predicted octanol–water partition coefficient (Wildman–Crippen LogP) is 7.77. The summed E-state index contributed by atoms with van der Waals surface area (Å²) in [5.41, 5.74) is 9.70. The number of para-hydroxylation sites is 1. The van der Waals surface area contributed by atoms with Crippen LogP contribution in [0.3, 0.4) is 0 Å². The Morgan fingerprint density at radius 1 is 1.11 bits per heavy atom. The molecule has 2 amide bonds. The van der Waals surface area contributed by atoms with E-state index in [2.05, 4.69) is 26.1 Å². The summed E-state index contributed by atoms with van der Waals surface area (Å²) in [4.78, 5) is 32.1. The molecule has 4 aromatic rings. The van der Waals surface area contributed by atoms with Crippen LogP contribution < -0.4 is 11.1 Å². The molecule has 5 nitrogen and oxygen atoms in total. The Morgan fingerprint density at radius 2 is 1.86 bits per heavy atom. The van der Waals surface area contributed by atoms with E-state index in [1.54, 1.807) is 24.3 Å². The minimum Gasteiger partial charge on any atom is -0.365 e. The van der Waals surface area contributed by atoms with Crippen LogP contribution in [0.1, 0.15) is 58.3 Å². The number of amides is 2. The Bertz CT molecular complexity index is 1560. The summed E-state index contributed by atoms with van der Waals surface area (Å²) in [5.74, 6) is -0.354. The van der Waals surface area contributed by atoms with Crippen molar-refractivity contribution in [2.24, 2.45) is 17.1 Å². The number of hydrogen-bond acceptors (Lipinski definition) is 4. The van der Waals surface area contributed by atoms with Crippen LogP contribution in [0.2, 0.25) is 10.0 Å². The molecule has 3 N–H and O–H groups in total. The van der Waals surface area contributed by atoms with Crippen molar-refractivity contribution in [3.05, 3.63) is 80.1 Å². The van der Waals surface area contributed by atoms with Gasteiger partial charge in [-0.3, -0.25) is 9.59 Å². The van der Waals surface area contributed by atoms with E-state index >= 15 is 0 Å². The van der Waals surface area contributed by atoms with E-state index in [1.165, 1.54) is 11.3 Å². The van der Waals surface area contributed by atoms with Crippen molar-refractivity contribution in [2.75, 3.05) is 5.32 Å². The van der Waals surface area contributed by atoms with Gasteiger partial charge in [-0.2, -0.15) is 0 Å². The van der Waals surface area contributed by atoms with E-state index in [9.17, 15) is 9.59 Å². The Kier molecular flexibility index (Phi) is 6.77. The highest BCUT2D eigenvalue weighted by molar-refractivity contribution is 7.17. The lowest BCUT2D eigenvalue weighted by Crippen LogP contribution is -2.27. The first-order valence-corrected chi connectivity index (χ1v) is 13.7. The molecular formula is C29H27Cl2N3O2S. The predicted molar refractivity (Wildman–Crippen MR) is 153 cm³/mol. The fraction of sp³-hybridized carbons (Fsp3) is 0.276. The number of halogens is 2. The van der Waals surface area contributed by atoms with Crippen LogP contribution in [-0.4, -0.2) is 16.8 Å². The van der Waals surface area contributed by atoms with Gasteiger partial charge in [0.05, 0.1) is 27.4 Å². The molecule has 0 bridgehead atoms. The summed E-state index contributed by atoms with van der Waals surface area (Å²) >= 11 is 14.0. The number of benzene rings is 2. The zero-order valence-electron chi connectivity index (χ0n) is 20.8. The number of nitrogens with one attached hydrogen (secondary N) is 1. The third-order valence-corrected chi connectivity index (χ3v) is 8.85. The molecular weight excluding hydrogens is 525 g/mol. The number of fused-ring (bicyclic) bond motifs is 2. The Labute approximate surface area is 230 Å². The van der Waals surface area contributed by atoms with Crippen LogP contribution in [-0.2, 0) is 12.8 Å².